The van der Waals surface area contributed by atoms with Crippen molar-refractivity contribution in [3.63, 3.8) is 0 Å². The van der Waals surface area contributed by atoms with Crippen molar-refractivity contribution in [1.82, 2.24) is 30.8 Å². The predicted octanol–water partition coefficient (Wildman–Crippen LogP) is 3.05. The summed E-state index contributed by atoms with van der Waals surface area (Å²) >= 11 is 0. The van der Waals surface area contributed by atoms with Gasteiger partial charge in [-0.15, -0.1) is 0 Å². The van der Waals surface area contributed by atoms with Crippen molar-refractivity contribution in [2.45, 2.75) is 117 Å². The molecular weight excluding hydrogens is 1150 g/mol. The van der Waals surface area contributed by atoms with Gasteiger partial charge < -0.3 is 80.9 Å². The number of hydrogen-bond acceptors (Lipinski definition) is 19. The summed E-state index contributed by atoms with van der Waals surface area (Å²) in [5.41, 5.74) is 12.8. The Kier molecular flexibility index (Phi) is 25.0. The van der Waals surface area contributed by atoms with Crippen LogP contribution >= 0.6 is 0 Å². The number of esters is 1. The molecule has 7 rings (SSSR count). The molecule has 0 spiro atoms. The van der Waals surface area contributed by atoms with E-state index in [0.717, 1.165) is 5.56 Å². The highest BCUT2D eigenvalue weighted by Crippen LogP contribution is 2.46. The summed E-state index contributed by atoms with van der Waals surface area (Å²) in [7, 11) is 0. The lowest BCUT2D eigenvalue weighted by Gasteiger charge is -2.31. The number of aliphatic hydroxyl groups is 1. The topological polar surface area (TPSA) is 368 Å². The van der Waals surface area contributed by atoms with E-state index >= 15 is 4.39 Å². The fraction of sp³-hybridized carbons (Fsp3) is 0.541. The number of ether oxygens (including phenoxy) is 7. The van der Waals surface area contributed by atoms with Crippen LogP contribution in [0.5, 0.6) is 0 Å². The molecule has 1 aliphatic carbocycles. The van der Waals surface area contributed by atoms with Gasteiger partial charge in [-0.25, -0.2) is 23.8 Å². The highest BCUT2D eigenvalue weighted by atomic mass is 19.1. The van der Waals surface area contributed by atoms with Crippen molar-refractivity contribution in [1.29, 1.82) is 0 Å². The van der Waals surface area contributed by atoms with Crippen LogP contribution in [0, 0.1) is 24.6 Å². The monoisotopic (exact) mass is 1230 g/mol. The predicted molar refractivity (Wildman–Crippen MR) is 316 cm³/mol. The third-order valence-electron chi connectivity index (χ3n) is 15.5. The number of nitrogens with one attached hydrogen (secondary N) is 5. The number of nitrogens with two attached hydrogens (primary N) is 2. The molecule has 0 saturated carbocycles. The molecule has 0 unspecified atom stereocenters. The molecule has 0 saturated heterocycles. The van der Waals surface area contributed by atoms with Gasteiger partial charge in [-0.05, 0) is 85.4 Å². The number of anilines is 1. The third kappa shape index (κ3) is 17.7. The Morgan fingerprint density at radius 2 is 1.56 bits per heavy atom. The average molecular weight is 1230 g/mol. The fourth-order valence-electron chi connectivity index (χ4n) is 10.8. The second-order valence-electron chi connectivity index (χ2n) is 22.0. The van der Waals surface area contributed by atoms with Gasteiger partial charge in [0.05, 0.1) is 107 Å². The molecule has 27 heteroatoms. The number of alkyl carbamates (subject to hydrolysis) is 1. The Hall–Kier alpha value is -7.79. The first kappa shape index (κ1) is 67.7. The summed E-state index contributed by atoms with van der Waals surface area (Å²) < 4.78 is 54.6. The van der Waals surface area contributed by atoms with Crippen LogP contribution < -0.4 is 43.6 Å². The van der Waals surface area contributed by atoms with Crippen LogP contribution in [-0.4, -0.2) is 154 Å². The number of ketones is 2. The van der Waals surface area contributed by atoms with Crippen molar-refractivity contribution < 1.29 is 81.0 Å². The summed E-state index contributed by atoms with van der Waals surface area (Å²) in [5.74, 6) is -4.59. The van der Waals surface area contributed by atoms with E-state index < -0.39 is 83.2 Å². The van der Waals surface area contributed by atoms with Crippen LogP contribution in [0.25, 0.3) is 22.3 Å². The molecule has 10 N–H and O–H groups in total. The number of carbonyl (C=O) groups excluding carboxylic acids is 8. The molecule has 478 valence electrons. The normalized spacial score (nSPS) is 16.2. The number of hydrogen-bond donors (Lipinski definition) is 8. The van der Waals surface area contributed by atoms with Crippen LogP contribution in [0.1, 0.15) is 111 Å². The summed E-state index contributed by atoms with van der Waals surface area (Å²) in [4.78, 5) is 122. The lowest BCUT2D eigenvalue weighted by Crippen LogP contribution is -2.45. The van der Waals surface area contributed by atoms with Crippen LogP contribution in [0.15, 0.2) is 41.2 Å². The third-order valence-corrected chi connectivity index (χ3v) is 15.5. The maximum absolute atomic E-state index is 15.4. The lowest BCUT2D eigenvalue weighted by molar-refractivity contribution is -0.172. The number of aromatic nitrogens is 2. The van der Waals surface area contributed by atoms with E-state index in [9.17, 15) is 48.3 Å². The van der Waals surface area contributed by atoms with Gasteiger partial charge in [-0.3, -0.25) is 28.8 Å². The smallest absolute Gasteiger partial charge is 0.407 e. The second kappa shape index (κ2) is 32.4. The molecule has 2 aliphatic heterocycles. The van der Waals surface area contributed by atoms with Gasteiger partial charge in [0.2, 0.25) is 17.7 Å². The van der Waals surface area contributed by atoms with Gasteiger partial charge in [-0.2, -0.15) is 0 Å². The van der Waals surface area contributed by atoms with Gasteiger partial charge in [-0.1, -0.05) is 32.9 Å². The number of urea groups is 1. The lowest BCUT2D eigenvalue weighted by atomic mass is 9.81. The number of Topliss-reactive ketones (excluding diaryl/α,β-unsaturated/α-hetero) is 2. The molecule has 4 aromatic rings. The van der Waals surface area contributed by atoms with Gasteiger partial charge in [0.25, 0.3) is 5.56 Å². The average Bonchev–Trinajstić information content (AvgIpc) is 1.46. The molecule has 0 radical (unpaired) electrons. The second-order valence-corrected chi connectivity index (χ2v) is 22.0. The van der Waals surface area contributed by atoms with Crippen molar-refractivity contribution in [3.05, 3.63) is 91.5 Å². The Morgan fingerprint density at radius 1 is 0.875 bits per heavy atom. The zero-order valence-electron chi connectivity index (χ0n) is 50.2. The highest BCUT2D eigenvalue weighted by Gasteiger charge is 2.46. The zero-order chi connectivity index (χ0) is 63.5. The van der Waals surface area contributed by atoms with Gasteiger partial charge >= 0.3 is 18.1 Å². The Bertz CT molecular complexity index is 3250. The maximum atomic E-state index is 15.4. The Labute approximate surface area is 507 Å². The molecule has 6 amide bonds. The number of pyridine rings is 2. The molecule has 0 fully saturated rings. The van der Waals surface area contributed by atoms with E-state index in [4.69, 9.17) is 49.6 Å². The first-order chi connectivity index (χ1) is 42.2. The minimum Gasteiger partial charge on any atom is -0.458 e. The van der Waals surface area contributed by atoms with E-state index in [-0.39, 0.29) is 108 Å². The van der Waals surface area contributed by atoms with Crippen LogP contribution in [0.2, 0.25) is 0 Å². The van der Waals surface area contributed by atoms with Crippen molar-refractivity contribution in [2.24, 2.45) is 23.3 Å². The van der Waals surface area contributed by atoms with Crippen molar-refractivity contribution in [2.75, 3.05) is 91.0 Å². The van der Waals surface area contributed by atoms with Crippen LogP contribution in [0.3, 0.4) is 0 Å². The molecule has 88 heavy (non-hydrogen) atoms. The first-order valence-electron chi connectivity index (χ1n) is 29.6. The number of cyclic esters (lactones) is 1. The van der Waals surface area contributed by atoms with E-state index in [2.05, 4.69) is 26.6 Å². The number of fused-ring (bicyclic) bond motifs is 5. The number of benzene rings is 2. The van der Waals surface area contributed by atoms with Crippen LogP contribution in [0.4, 0.5) is 19.7 Å². The summed E-state index contributed by atoms with van der Waals surface area (Å²) in [6, 6.07) is 7.06. The van der Waals surface area contributed by atoms with Crippen LogP contribution in [-0.2, 0) is 93.7 Å². The maximum Gasteiger partial charge on any atom is 0.407 e. The fourth-order valence-corrected chi connectivity index (χ4v) is 10.8. The van der Waals surface area contributed by atoms with Crippen molar-refractivity contribution >= 4 is 64.0 Å². The molecule has 0 bridgehead atoms. The number of aryl methyl sites for hydroxylation is 1. The zero-order valence-corrected chi connectivity index (χ0v) is 50.2. The number of amides is 6. The quantitative estimate of drug-likeness (QED) is 0.0211. The molecule has 4 atom stereocenters. The molecule has 2 aromatic heterocycles. The van der Waals surface area contributed by atoms with E-state index in [1.165, 1.54) is 10.6 Å². The molecule has 26 nitrogen and oxygen atoms in total. The summed E-state index contributed by atoms with van der Waals surface area (Å²) in [6.45, 7) is 8.86. The number of carbonyl (C=O) groups is 8. The minimum atomic E-state index is -2.05. The molecule has 2 aromatic carbocycles. The largest absolute Gasteiger partial charge is 0.458 e. The number of halogens is 1. The van der Waals surface area contributed by atoms with E-state index in [1.807, 2.05) is 0 Å². The summed E-state index contributed by atoms with van der Waals surface area (Å²) in [5, 5.41) is 25.5. The van der Waals surface area contributed by atoms with Gasteiger partial charge in [0.15, 0.2) is 17.2 Å². The number of primary amides is 1. The first-order valence-corrected chi connectivity index (χ1v) is 29.6. The van der Waals surface area contributed by atoms with Gasteiger partial charge in [0, 0.05) is 66.5 Å². The Balaban J connectivity index is 0.828. The molecule has 4 heterocycles. The number of rotatable bonds is 36. The molecule has 3 aliphatic rings. The highest BCUT2D eigenvalue weighted by molar-refractivity contribution is 5.98. The number of nitrogens with zero attached hydrogens (tertiary/aromatic N) is 2. The SMILES string of the molecule is CC[C@@]1(O)C(=O)OCc2c1cc1n(c2=O)Cc2c-1nc1cc(F)c(C)c3c1c2[C@@H](NC(=O)COCCC(=O)CNC(=O)OCc1ccc(NC(=O)[C@H](CCCNC(N)=O)CC(=O)[C@@H](NC(=O)CCOCCOCCOCCOCCN)C(C)C)cc1)CC3. The summed E-state index contributed by atoms with van der Waals surface area (Å²) in [6.07, 6.45) is 0.0606. The minimum absolute atomic E-state index is 0.00465. The van der Waals surface area contributed by atoms with E-state index in [1.54, 1.807) is 58.0 Å². The Morgan fingerprint density at radius 3 is 2.23 bits per heavy atom. The molecular formula is C61H80FN9O17. The van der Waals surface area contributed by atoms with Crippen molar-refractivity contribution in [3.8, 4) is 11.4 Å². The standard InChI is InChI=1S/C61H80FN9O17/c1-5-61(81)44-28-48-55-42(31-71(48)57(77)43(44)33-87-58(61)78)53-46(13-12-41-36(4)45(62)29-47(69-55)52(41)53)68-51(75)34-86-18-14-40(72)30-66-60(80)88-32-37-8-10-39(11-9-37)67-56(76)38(7-6-17-65-59(64)79)27-49(73)54(35(2)3)70-50(74)15-19-82-21-23-84-25-26-85-24-22-83-20-16-63/h8-11,28-29,35,38,46,54,81H,5-7,12-27,30-34,63H2,1-4H3,(H,66,80)(H,67,76)(H,68,75)(H,70,74)(H3,64,65,79)/t38-,46+,54+,61+/m1/s1. The van der Waals surface area contributed by atoms with E-state index in [0.29, 0.717) is 116 Å². The van der Waals surface area contributed by atoms with Gasteiger partial charge in [0.1, 0.15) is 25.6 Å².